The molecule has 6 amide bonds. The molecule has 7 rings (SSSR count). The van der Waals surface area contributed by atoms with E-state index in [4.69, 9.17) is 4.74 Å². The molecule has 3 heterocycles. The Morgan fingerprint density at radius 3 is 2.43 bits per heavy atom. The molecule has 0 radical (unpaired) electrons. The van der Waals surface area contributed by atoms with Gasteiger partial charge in [0.25, 0.3) is 5.91 Å². The Bertz CT molecular complexity index is 1780. The minimum atomic E-state index is -3.90. The Morgan fingerprint density at radius 2 is 1.70 bits per heavy atom. The number of rotatable bonds is 7. The minimum Gasteiger partial charge on any atom is -0.444 e. The van der Waals surface area contributed by atoms with Crippen molar-refractivity contribution in [3.05, 3.63) is 47.5 Å². The van der Waals surface area contributed by atoms with E-state index in [-0.39, 0.29) is 31.3 Å². The van der Waals surface area contributed by atoms with Gasteiger partial charge in [0.05, 0.1) is 11.8 Å². The summed E-state index contributed by atoms with van der Waals surface area (Å²) in [5.41, 5.74) is 1.86. The van der Waals surface area contributed by atoms with Crippen LogP contribution in [-0.2, 0) is 48.7 Å². The first-order valence-corrected chi connectivity index (χ1v) is 21.3. The van der Waals surface area contributed by atoms with Gasteiger partial charge in [-0.05, 0) is 74.0 Å². The van der Waals surface area contributed by atoms with E-state index in [0.717, 1.165) is 75.3 Å². The quantitative estimate of drug-likeness (QED) is 0.354. The summed E-state index contributed by atoms with van der Waals surface area (Å²) in [5, 5.41) is 5.20. The van der Waals surface area contributed by atoms with E-state index < -0.39 is 68.7 Å². The number of sulfonamides is 1. The molecule has 0 unspecified atom stereocenters. The van der Waals surface area contributed by atoms with Gasteiger partial charge in [-0.2, -0.15) is 0 Å². The van der Waals surface area contributed by atoms with Gasteiger partial charge in [-0.15, -0.1) is 6.58 Å². The molecule has 14 nitrogen and oxygen atoms in total. The first-order chi connectivity index (χ1) is 25.9. The largest absolute Gasteiger partial charge is 0.444 e. The van der Waals surface area contributed by atoms with Gasteiger partial charge in [0.1, 0.15) is 23.7 Å². The molecule has 54 heavy (non-hydrogen) atoms. The third-order valence-corrected chi connectivity index (χ3v) is 14.2. The fourth-order valence-corrected chi connectivity index (χ4v) is 10.2. The van der Waals surface area contributed by atoms with Crippen LogP contribution in [0, 0.1) is 11.8 Å². The normalized spacial score (nSPS) is 29.9. The number of amides is 6. The molecule has 1 aromatic carbocycles. The topological polar surface area (TPSA) is 175 Å². The molecule has 1 aromatic rings. The third kappa shape index (κ3) is 7.97. The number of carbonyl (C=O) groups excluding carboxylic acids is 5. The lowest BCUT2D eigenvalue weighted by molar-refractivity contribution is -0.142. The second-order valence-corrected chi connectivity index (χ2v) is 18.2. The summed E-state index contributed by atoms with van der Waals surface area (Å²) in [5.74, 6) is -2.60. The number of ether oxygens (including phenoxy) is 1. The SMILES string of the molecule is C=C[C@@H]1C[C@]1(NC(=O)[C@@H]1C[C@@H]2CN1C(=O)[C@H](C1CCCCC1)NC(=O)N(C)CCCCCCc1cccc3c1CN(C3)C(=O)O2)C(=O)NS(=O)(=O)C1CC1. The first-order valence-electron chi connectivity index (χ1n) is 19.8. The molecule has 6 aliphatic rings. The van der Waals surface area contributed by atoms with E-state index in [1.807, 2.05) is 12.1 Å². The van der Waals surface area contributed by atoms with Crippen molar-refractivity contribution in [3.8, 4) is 0 Å². The molecule has 294 valence electrons. The summed E-state index contributed by atoms with van der Waals surface area (Å²) < 4.78 is 33.7. The molecule has 5 atom stereocenters. The monoisotopic (exact) mass is 766 g/mol. The highest BCUT2D eigenvalue weighted by molar-refractivity contribution is 7.91. The molecule has 3 saturated carbocycles. The average Bonchev–Trinajstić information content (AvgIpc) is 4.05. The van der Waals surface area contributed by atoms with Gasteiger partial charge >= 0.3 is 12.1 Å². The lowest BCUT2D eigenvalue weighted by Gasteiger charge is -2.35. The number of nitrogens with zero attached hydrogens (tertiary/aromatic N) is 3. The lowest BCUT2D eigenvalue weighted by atomic mass is 9.83. The van der Waals surface area contributed by atoms with Crippen LogP contribution in [0.5, 0.6) is 0 Å². The number of hydrogen-bond acceptors (Lipinski definition) is 8. The summed E-state index contributed by atoms with van der Waals surface area (Å²) in [6.07, 6.45) is 10.1. The maximum atomic E-state index is 14.8. The molecule has 0 spiro atoms. The molecular formula is C39H54N6O8S. The van der Waals surface area contributed by atoms with E-state index in [9.17, 15) is 32.4 Å². The smallest absolute Gasteiger partial charge is 0.410 e. The van der Waals surface area contributed by atoms with Crippen molar-refractivity contribution < 1.29 is 37.1 Å². The fourth-order valence-electron chi connectivity index (χ4n) is 8.86. The zero-order chi connectivity index (χ0) is 38.2. The van der Waals surface area contributed by atoms with E-state index in [1.54, 1.807) is 16.8 Å². The number of carbonyl (C=O) groups is 5. The molecule has 15 heteroatoms. The Hall–Kier alpha value is -4.14. The van der Waals surface area contributed by atoms with Crippen LogP contribution in [0.15, 0.2) is 30.9 Å². The van der Waals surface area contributed by atoms with E-state index in [0.29, 0.717) is 32.5 Å². The standard InChI is InChI=1S/C39H54N6O8S/c1-3-28-21-39(28,36(48)42-54(51,52)30-17-18-30)41-34(46)32-20-29-23-45(32)35(47)33(26-13-8-6-9-14-26)40-37(49)43(2)19-10-5-4-7-12-25-15-11-16-27-22-44(24-31(25)27)38(50)53-29/h3,11,15-16,26,28-30,32-33H,1,4-10,12-14,17-24H2,2H3,(H,40,49)(H,41,46)(H,42,48)/t28-,29-,32+,33+,39-/m1/s1. The van der Waals surface area contributed by atoms with Crippen molar-refractivity contribution in [2.75, 3.05) is 20.1 Å². The number of hydrogen-bond donors (Lipinski definition) is 3. The Labute approximate surface area is 317 Å². The average molecular weight is 767 g/mol. The van der Waals surface area contributed by atoms with Gasteiger partial charge < -0.3 is 25.2 Å². The van der Waals surface area contributed by atoms with Crippen LogP contribution < -0.4 is 15.4 Å². The van der Waals surface area contributed by atoms with Gasteiger partial charge in [0, 0.05) is 39.0 Å². The Balaban J connectivity index is 1.16. The van der Waals surface area contributed by atoms with Crippen LogP contribution in [0.1, 0.15) is 100 Å². The molecule has 1 saturated heterocycles. The molecule has 3 N–H and O–H groups in total. The maximum Gasteiger partial charge on any atom is 0.410 e. The summed E-state index contributed by atoms with van der Waals surface area (Å²) in [6.45, 7) is 5.05. The van der Waals surface area contributed by atoms with Gasteiger partial charge in [0.15, 0.2) is 0 Å². The predicted octanol–water partition coefficient (Wildman–Crippen LogP) is 3.48. The maximum absolute atomic E-state index is 14.8. The van der Waals surface area contributed by atoms with Crippen molar-refractivity contribution in [2.24, 2.45) is 11.8 Å². The van der Waals surface area contributed by atoms with E-state index >= 15 is 0 Å². The first kappa shape index (κ1) is 38.1. The Kier molecular flexibility index (Phi) is 11.0. The highest BCUT2D eigenvalue weighted by Gasteiger charge is 2.62. The van der Waals surface area contributed by atoms with Crippen LogP contribution >= 0.6 is 0 Å². The minimum absolute atomic E-state index is 0.0303. The predicted molar refractivity (Wildman–Crippen MR) is 199 cm³/mol. The molecule has 4 bridgehead atoms. The van der Waals surface area contributed by atoms with Crippen LogP contribution in [0.25, 0.3) is 0 Å². The van der Waals surface area contributed by atoms with Gasteiger partial charge in [0.2, 0.25) is 21.8 Å². The summed E-state index contributed by atoms with van der Waals surface area (Å²) in [6, 6.07) is 3.73. The molecule has 0 aromatic heterocycles. The second-order valence-electron chi connectivity index (χ2n) is 16.3. The van der Waals surface area contributed by atoms with Gasteiger partial charge in [-0.1, -0.05) is 56.4 Å². The second kappa shape index (κ2) is 15.5. The van der Waals surface area contributed by atoms with Gasteiger partial charge in [-0.3, -0.25) is 24.0 Å². The zero-order valence-corrected chi connectivity index (χ0v) is 32.0. The number of benzene rings is 1. The van der Waals surface area contributed by atoms with Crippen molar-refractivity contribution in [3.63, 3.8) is 0 Å². The molecule has 4 fully saturated rings. The van der Waals surface area contributed by atoms with E-state index in [1.165, 1.54) is 16.5 Å². The highest BCUT2D eigenvalue weighted by atomic mass is 32.2. The number of nitrogens with one attached hydrogen (secondary N) is 3. The summed E-state index contributed by atoms with van der Waals surface area (Å²) in [4.78, 5) is 74.6. The van der Waals surface area contributed by atoms with Crippen LogP contribution in [-0.4, -0.2) is 102 Å². The van der Waals surface area contributed by atoms with Gasteiger partial charge in [-0.25, -0.2) is 18.0 Å². The summed E-state index contributed by atoms with van der Waals surface area (Å²) in [7, 11) is -2.17. The van der Waals surface area contributed by atoms with Crippen LogP contribution in [0.4, 0.5) is 9.59 Å². The Morgan fingerprint density at radius 1 is 0.981 bits per heavy atom. The zero-order valence-electron chi connectivity index (χ0n) is 31.2. The van der Waals surface area contributed by atoms with E-state index in [2.05, 4.69) is 28.0 Å². The fraction of sp³-hybridized carbons (Fsp3) is 0.667. The van der Waals surface area contributed by atoms with Crippen molar-refractivity contribution in [1.82, 2.24) is 30.1 Å². The number of aryl methyl sites for hydroxylation is 1. The van der Waals surface area contributed by atoms with Crippen LogP contribution in [0.3, 0.4) is 0 Å². The molecule has 3 aliphatic carbocycles. The van der Waals surface area contributed by atoms with Crippen molar-refractivity contribution in [1.29, 1.82) is 0 Å². The third-order valence-electron chi connectivity index (χ3n) is 12.4. The van der Waals surface area contributed by atoms with Crippen molar-refractivity contribution in [2.45, 2.75) is 132 Å². The lowest BCUT2D eigenvalue weighted by Crippen LogP contribution is -2.60. The molecule has 3 aliphatic heterocycles. The number of urea groups is 1. The number of fused-ring (bicyclic) bond motifs is 3. The van der Waals surface area contributed by atoms with Crippen molar-refractivity contribution >= 4 is 39.9 Å². The summed E-state index contributed by atoms with van der Waals surface area (Å²) >= 11 is 0. The van der Waals surface area contributed by atoms with Crippen LogP contribution in [0.2, 0.25) is 0 Å². The molecular weight excluding hydrogens is 713 g/mol. The highest BCUT2D eigenvalue weighted by Crippen LogP contribution is 2.45.